The van der Waals surface area contributed by atoms with E-state index in [0.717, 1.165) is 31.6 Å². The Balaban J connectivity index is 2.12. The molecule has 0 unspecified atom stereocenters. The number of hydrogen-bond acceptors (Lipinski definition) is 2. The molecule has 0 aromatic heterocycles. The van der Waals surface area contributed by atoms with E-state index < -0.39 is 0 Å². The molecule has 1 aliphatic heterocycles. The van der Waals surface area contributed by atoms with Crippen LogP contribution in [0.1, 0.15) is 20.6 Å². The molecule has 13 heavy (non-hydrogen) atoms. The minimum Gasteiger partial charge on any atom is -0.506 e. The first-order valence-corrected chi connectivity index (χ1v) is 4.72. The third-order valence-corrected chi connectivity index (χ3v) is 2.43. The van der Waals surface area contributed by atoms with Crippen molar-refractivity contribution < 1.29 is 6.48 Å². The second kappa shape index (κ2) is 3.69. The summed E-state index contributed by atoms with van der Waals surface area (Å²) in [4.78, 5) is 2.15. The largest absolute Gasteiger partial charge is 0.506 e. The minimum absolute atomic E-state index is 0.0807. The number of phenolic OH excluding ortho intramolecular Hbond substituents is 1. The number of piperidine rings is 1. The van der Waals surface area contributed by atoms with Crippen LogP contribution in [0.15, 0.2) is 24.3 Å². The van der Waals surface area contributed by atoms with Gasteiger partial charge in [-0.1, -0.05) is 12.1 Å². The molecule has 0 radical (unpaired) electrons. The maximum absolute atomic E-state index is 9.64. The fourth-order valence-electron chi connectivity index (χ4n) is 1.72. The molecule has 1 aromatic rings. The Labute approximate surface area is 80.2 Å². The van der Waals surface area contributed by atoms with E-state index in [0.29, 0.717) is 5.75 Å². The van der Waals surface area contributed by atoms with Crippen LogP contribution in [0.25, 0.3) is 0 Å². The zero-order valence-corrected chi connectivity index (χ0v) is 7.61. The molecule has 2 nitrogen and oxygen atoms in total. The molecule has 0 atom stereocenters. The Hall–Kier alpha value is -1.18. The maximum atomic E-state index is 9.64. The van der Waals surface area contributed by atoms with Crippen molar-refractivity contribution in [3.63, 3.8) is 0 Å². The van der Waals surface area contributed by atoms with Gasteiger partial charge in [0.25, 0.3) is 0 Å². The molecule has 0 amide bonds. The Morgan fingerprint density at radius 2 is 1.92 bits per heavy atom. The minimum atomic E-state index is 0.0807. The summed E-state index contributed by atoms with van der Waals surface area (Å²) in [6.07, 6.45) is 1.87. The van der Waals surface area contributed by atoms with Crippen LogP contribution in [0.5, 0.6) is 5.75 Å². The average molecular weight is 178 g/mol. The van der Waals surface area contributed by atoms with Gasteiger partial charge in [0.15, 0.2) is 0 Å². The monoisotopic (exact) mass is 178 g/mol. The number of aromatic hydroxyl groups is 1. The summed E-state index contributed by atoms with van der Waals surface area (Å²) in [5.74, 6) is 0.343. The molecule has 1 fully saturated rings. The molecule has 1 aliphatic rings. The third-order valence-electron chi connectivity index (χ3n) is 2.43. The van der Waals surface area contributed by atoms with Gasteiger partial charge in [0, 0.05) is 14.5 Å². The SMILES string of the molecule is [2H]C1CCN(c2ccccc2O)CC1. The number of anilines is 1. The summed E-state index contributed by atoms with van der Waals surface area (Å²) >= 11 is 0. The van der Waals surface area contributed by atoms with Crippen LogP contribution in [-0.2, 0) is 0 Å². The molecule has 2 heteroatoms. The Morgan fingerprint density at radius 3 is 2.62 bits per heavy atom. The van der Waals surface area contributed by atoms with E-state index in [2.05, 4.69) is 4.90 Å². The van der Waals surface area contributed by atoms with Gasteiger partial charge in [-0.15, -0.1) is 0 Å². The van der Waals surface area contributed by atoms with Crippen LogP contribution in [0.3, 0.4) is 0 Å². The second-order valence-electron chi connectivity index (χ2n) is 3.34. The number of nitrogens with zero attached hydrogens (tertiary/aromatic N) is 1. The Kier molecular flexibility index (Phi) is 2.06. The maximum Gasteiger partial charge on any atom is 0.138 e. The fraction of sp³-hybridized carbons (Fsp3) is 0.455. The highest BCUT2D eigenvalue weighted by atomic mass is 16.3. The predicted molar refractivity (Wildman–Crippen MR) is 54.2 cm³/mol. The summed E-state index contributed by atoms with van der Waals surface area (Å²) in [6, 6.07) is 7.40. The number of hydrogen-bond donors (Lipinski definition) is 1. The lowest BCUT2D eigenvalue weighted by Gasteiger charge is -2.29. The highest BCUT2D eigenvalue weighted by Gasteiger charge is 2.12. The van der Waals surface area contributed by atoms with Crippen molar-refractivity contribution in [1.29, 1.82) is 0 Å². The standard InChI is InChI=1S/C11H15NO/c13-11-7-3-2-6-10(11)12-8-4-1-5-9-12/h2-3,6-7,13H,1,4-5,8-9H2/i1D. The summed E-state index contributed by atoms with van der Waals surface area (Å²) in [6.45, 7) is 1.76. The first-order valence-electron chi connectivity index (χ1n) is 5.30. The van der Waals surface area contributed by atoms with E-state index in [4.69, 9.17) is 1.37 Å². The fourth-order valence-corrected chi connectivity index (χ4v) is 1.72. The van der Waals surface area contributed by atoms with Crippen molar-refractivity contribution in [2.45, 2.75) is 19.2 Å². The van der Waals surface area contributed by atoms with Crippen molar-refractivity contribution in [2.75, 3.05) is 18.0 Å². The first kappa shape index (κ1) is 7.25. The van der Waals surface area contributed by atoms with Crippen LogP contribution in [-0.4, -0.2) is 18.2 Å². The summed E-state index contributed by atoms with van der Waals surface area (Å²) in [7, 11) is 0. The number of para-hydroxylation sites is 2. The smallest absolute Gasteiger partial charge is 0.138 e. The lowest BCUT2D eigenvalue weighted by molar-refractivity contribution is 0.469. The zero-order chi connectivity index (χ0) is 9.97. The predicted octanol–water partition coefficient (Wildman–Crippen LogP) is 2.38. The molecule has 70 valence electrons. The number of rotatable bonds is 1. The highest BCUT2D eigenvalue weighted by molar-refractivity contribution is 5.57. The normalized spacial score (nSPS) is 20.0. The third kappa shape index (κ3) is 1.77. The van der Waals surface area contributed by atoms with Crippen LogP contribution < -0.4 is 4.90 Å². The van der Waals surface area contributed by atoms with Gasteiger partial charge in [0.1, 0.15) is 5.75 Å². The lowest BCUT2D eigenvalue weighted by Crippen LogP contribution is -2.29. The molecule has 0 bridgehead atoms. The quantitative estimate of drug-likeness (QED) is 0.713. The van der Waals surface area contributed by atoms with Gasteiger partial charge in [-0.05, 0) is 31.4 Å². The van der Waals surface area contributed by atoms with E-state index in [1.165, 1.54) is 0 Å². The zero-order valence-electron chi connectivity index (χ0n) is 8.61. The lowest BCUT2D eigenvalue weighted by atomic mass is 10.1. The van der Waals surface area contributed by atoms with Gasteiger partial charge in [-0.25, -0.2) is 0 Å². The van der Waals surface area contributed by atoms with E-state index in [9.17, 15) is 5.11 Å². The molecule has 1 saturated heterocycles. The van der Waals surface area contributed by atoms with Gasteiger partial charge in [-0.3, -0.25) is 0 Å². The number of phenols is 1. The average Bonchev–Trinajstić information content (AvgIpc) is 2.20. The van der Waals surface area contributed by atoms with Crippen LogP contribution >= 0.6 is 0 Å². The van der Waals surface area contributed by atoms with Crippen molar-refractivity contribution in [3.05, 3.63) is 24.3 Å². The summed E-state index contributed by atoms with van der Waals surface area (Å²) in [5, 5.41) is 9.64. The summed E-state index contributed by atoms with van der Waals surface area (Å²) < 4.78 is 7.59. The Bertz CT molecular complexity index is 308. The van der Waals surface area contributed by atoms with Gasteiger partial charge < -0.3 is 10.0 Å². The van der Waals surface area contributed by atoms with Crippen LogP contribution in [0.4, 0.5) is 5.69 Å². The van der Waals surface area contributed by atoms with Crippen molar-refractivity contribution in [1.82, 2.24) is 0 Å². The first-order chi connectivity index (χ1) is 6.77. The summed E-state index contributed by atoms with van der Waals surface area (Å²) in [5.41, 5.74) is 0.902. The molecular formula is C11H15NO. The van der Waals surface area contributed by atoms with E-state index in [1.807, 2.05) is 18.2 Å². The van der Waals surface area contributed by atoms with Crippen molar-refractivity contribution in [2.24, 2.45) is 0 Å². The van der Waals surface area contributed by atoms with Gasteiger partial charge in [0.05, 0.1) is 5.69 Å². The van der Waals surface area contributed by atoms with Gasteiger partial charge in [0.2, 0.25) is 0 Å². The van der Waals surface area contributed by atoms with Crippen molar-refractivity contribution >= 4 is 5.69 Å². The number of benzene rings is 1. The van der Waals surface area contributed by atoms with Crippen LogP contribution in [0.2, 0.25) is 0 Å². The molecule has 1 aromatic carbocycles. The van der Waals surface area contributed by atoms with E-state index >= 15 is 0 Å². The molecule has 2 rings (SSSR count). The van der Waals surface area contributed by atoms with Crippen molar-refractivity contribution in [3.8, 4) is 5.75 Å². The molecule has 1 N–H and O–H groups in total. The molecule has 0 spiro atoms. The molecule has 1 heterocycles. The molecule has 0 aliphatic carbocycles. The Morgan fingerprint density at radius 1 is 1.23 bits per heavy atom. The highest BCUT2D eigenvalue weighted by Crippen LogP contribution is 2.28. The molecular weight excluding hydrogens is 162 g/mol. The van der Waals surface area contributed by atoms with Gasteiger partial charge in [-0.2, -0.15) is 0 Å². The van der Waals surface area contributed by atoms with E-state index in [1.54, 1.807) is 6.07 Å². The van der Waals surface area contributed by atoms with E-state index in [-0.39, 0.29) is 6.40 Å². The molecule has 0 saturated carbocycles. The second-order valence-corrected chi connectivity index (χ2v) is 3.34. The van der Waals surface area contributed by atoms with Crippen LogP contribution in [0, 0.1) is 0 Å². The van der Waals surface area contributed by atoms with Gasteiger partial charge >= 0.3 is 0 Å². The topological polar surface area (TPSA) is 23.5 Å².